The Bertz CT molecular complexity index is 613. The van der Waals surface area contributed by atoms with Crippen LogP contribution in [-0.2, 0) is 9.53 Å². The van der Waals surface area contributed by atoms with Crippen molar-refractivity contribution in [1.29, 1.82) is 0 Å². The fourth-order valence-electron chi connectivity index (χ4n) is 1.89. The van der Waals surface area contributed by atoms with E-state index >= 15 is 0 Å². The monoisotopic (exact) mass is 308 g/mol. The Morgan fingerprint density at radius 2 is 1.91 bits per heavy atom. The van der Waals surface area contributed by atoms with Crippen LogP contribution in [0, 0.1) is 5.92 Å². The number of carbonyl (C=O) groups excluding carboxylic acids is 3. The normalized spacial score (nSPS) is 13.6. The van der Waals surface area contributed by atoms with Gasteiger partial charge in [0.2, 0.25) is 6.79 Å². The van der Waals surface area contributed by atoms with Gasteiger partial charge in [-0.2, -0.15) is 0 Å². The van der Waals surface area contributed by atoms with Crippen LogP contribution in [0.2, 0.25) is 0 Å². The summed E-state index contributed by atoms with van der Waals surface area (Å²) >= 11 is 0. The summed E-state index contributed by atoms with van der Waals surface area (Å²) in [5.74, 6) is -0.855. The molecule has 1 atom stereocenters. The second-order valence-electron chi connectivity index (χ2n) is 4.99. The lowest BCUT2D eigenvalue weighted by Gasteiger charge is -2.19. The minimum atomic E-state index is -1.13. The molecule has 3 N–H and O–H groups in total. The Morgan fingerprint density at radius 3 is 2.55 bits per heavy atom. The molecule has 1 aliphatic heterocycles. The standard InChI is InChI=1S/C14H16N2O6/c1-7(2)11(12(17)16-14(15)19)22-13(18)8-3-4-9-10(5-8)21-6-20-9/h3-5,7,11H,6H2,1-2H3,(H3,15,16,17,19)/t11-/m1/s1. The van der Waals surface area contributed by atoms with Crippen LogP contribution >= 0.6 is 0 Å². The molecule has 0 saturated heterocycles. The first-order chi connectivity index (χ1) is 10.4. The SMILES string of the molecule is CC(C)[C@@H](OC(=O)c1ccc2c(c1)OCO2)C(=O)NC(N)=O. The molecule has 0 radical (unpaired) electrons. The maximum absolute atomic E-state index is 12.1. The molecule has 0 bridgehead atoms. The second-order valence-corrected chi connectivity index (χ2v) is 4.99. The summed E-state index contributed by atoms with van der Waals surface area (Å²) < 4.78 is 15.5. The molecular weight excluding hydrogens is 292 g/mol. The lowest BCUT2D eigenvalue weighted by molar-refractivity contribution is -0.130. The summed E-state index contributed by atoms with van der Waals surface area (Å²) in [6.07, 6.45) is -1.13. The molecular formula is C14H16N2O6. The van der Waals surface area contributed by atoms with Crippen molar-refractivity contribution in [3.05, 3.63) is 23.8 Å². The van der Waals surface area contributed by atoms with Crippen LogP contribution in [0.5, 0.6) is 11.5 Å². The van der Waals surface area contributed by atoms with Crippen molar-refractivity contribution in [3.63, 3.8) is 0 Å². The van der Waals surface area contributed by atoms with Gasteiger partial charge in [-0.1, -0.05) is 13.8 Å². The minimum Gasteiger partial charge on any atom is -0.454 e. The predicted molar refractivity (Wildman–Crippen MR) is 74.3 cm³/mol. The maximum Gasteiger partial charge on any atom is 0.339 e. The molecule has 0 fully saturated rings. The fourth-order valence-corrected chi connectivity index (χ4v) is 1.89. The number of ether oxygens (including phenoxy) is 3. The van der Waals surface area contributed by atoms with Crippen molar-refractivity contribution in [2.45, 2.75) is 20.0 Å². The number of hydrogen-bond donors (Lipinski definition) is 2. The lowest BCUT2D eigenvalue weighted by atomic mass is 10.1. The van der Waals surface area contributed by atoms with E-state index in [9.17, 15) is 14.4 Å². The summed E-state index contributed by atoms with van der Waals surface area (Å²) in [7, 11) is 0. The van der Waals surface area contributed by atoms with Gasteiger partial charge in [0.05, 0.1) is 5.56 Å². The number of amides is 3. The topological polar surface area (TPSA) is 117 Å². The van der Waals surface area contributed by atoms with E-state index in [1.54, 1.807) is 19.9 Å². The van der Waals surface area contributed by atoms with Gasteiger partial charge < -0.3 is 19.9 Å². The third-order valence-electron chi connectivity index (χ3n) is 2.95. The molecule has 1 aliphatic rings. The van der Waals surface area contributed by atoms with Crippen LogP contribution in [-0.4, -0.2) is 30.8 Å². The predicted octanol–water partition coefficient (Wildman–Crippen LogP) is 0.792. The first kappa shape index (κ1) is 15.6. The molecule has 1 aromatic carbocycles. The van der Waals surface area contributed by atoms with Crippen molar-refractivity contribution in [1.82, 2.24) is 5.32 Å². The summed E-state index contributed by atoms with van der Waals surface area (Å²) in [4.78, 5) is 34.7. The average Bonchev–Trinajstić information content (AvgIpc) is 2.90. The Labute approximate surface area is 126 Å². The highest BCUT2D eigenvalue weighted by Crippen LogP contribution is 2.32. The van der Waals surface area contributed by atoms with Crippen LogP contribution in [0.15, 0.2) is 18.2 Å². The van der Waals surface area contributed by atoms with Gasteiger partial charge in [-0.25, -0.2) is 9.59 Å². The van der Waals surface area contributed by atoms with Crippen molar-refractivity contribution >= 4 is 17.9 Å². The number of urea groups is 1. The Balaban J connectivity index is 2.11. The zero-order valence-electron chi connectivity index (χ0n) is 12.1. The zero-order valence-corrected chi connectivity index (χ0v) is 12.1. The fraction of sp³-hybridized carbons (Fsp3) is 0.357. The van der Waals surface area contributed by atoms with E-state index in [0.717, 1.165) is 0 Å². The second kappa shape index (κ2) is 6.33. The maximum atomic E-state index is 12.1. The largest absolute Gasteiger partial charge is 0.454 e. The number of benzene rings is 1. The van der Waals surface area contributed by atoms with Crippen molar-refractivity contribution in [3.8, 4) is 11.5 Å². The Kier molecular flexibility index (Phi) is 4.50. The van der Waals surface area contributed by atoms with E-state index in [1.165, 1.54) is 12.1 Å². The van der Waals surface area contributed by atoms with E-state index in [0.29, 0.717) is 11.5 Å². The molecule has 2 rings (SSSR count). The quantitative estimate of drug-likeness (QED) is 0.794. The molecule has 8 nitrogen and oxygen atoms in total. The van der Waals surface area contributed by atoms with Crippen LogP contribution in [0.25, 0.3) is 0 Å². The van der Waals surface area contributed by atoms with E-state index in [1.807, 2.05) is 5.32 Å². The molecule has 0 saturated carbocycles. The average molecular weight is 308 g/mol. The van der Waals surface area contributed by atoms with Gasteiger partial charge in [-0.05, 0) is 24.1 Å². The number of primary amides is 1. The van der Waals surface area contributed by atoms with Crippen LogP contribution in [0.4, 0.5) is 4.79 Å². The van der Waals surface area contributed by atoms with E-state index < -0.39 is 24.0 Å². The Morgan fingerprint density at radius 1 is 1.23 bits per heavy atom. The van der Waals surface area contributed by atoms with Gasteiger partial charge in [-0.3, -0.25) is 10.1 Å². The molecule has 8 heteroatoms. The molecule has 3 amide bonds. The van der Waals surface area contributed by atoms with Crippen molar-refractivity contribution in [2.24, 2.45) is 11.7 Å². The van der Waals surface area contributed by atoms with E-state index in [-0.39, 0.29) is 18.3 Å². The van der Waals surface area contributed by atoms with Crippen molar-refractivity contribution < 1.29 is 28.6 Å². The van der Waals surface area contributed by atoms with Gasteiger partial charge in [0, 0.05) is 0 Å². The molecule has 1 heterocycles. The third-order valence-corrected chi connectivity index (χ3v) is 2.95. The van der Waals surface area contributed by atoms with Crippen LogP contribution in [0.1, 0.15) is 24.2 Å². The summed E-state index contributed by atoms with van der Waals surface area (Å²) in [6.45, 7) is 3.44. The summed E-state index contributed by atoms with van der Waals surface area (Å²) in [5, 5.41) is 1.90. The summed E-state index contributed by atoms with van der Waals surface area (Å²) in [5.41, 5.74) is 5.10. The lowest BCUT2D eigenvalue weighted by Crippen LogP contribution is -2.45. The molecule has 0 unspecified atom stereocenters. The highest BCUT2D eigenvalue weighted by Gasteiger charge is 2.28. The molecule has 1 aromatic rings. The molecule has 22 heavy (non-hydrogen) atoms. The Hall–Kier alpha value is -2.77. The van der Waals surface area contributed by atoms with Gasteiger partial charge in [0.15, 0.2) is 17.6 Å². The minimum absolute atomic E-state index is 0.0868. The highest BCUT2D eigenvalue weighted by molar-refractivity contribution is 5.98. The van der Waals surface area contributed by atoms with E-state index in [2.05, 4.69) is 0 Å². The van der Waals surface area contributed by atoms with Crippen LogP contribution < -0.4 is 20.5 Å². The highest BCUT2D eigenvalue weighted by atomic mass is 16.7. The first-order valence-electron chi connectivity index (χ1n) is 6.59. The third kappa shape index (κ3) is 3.46. The molecule has 118 valence electrons. The zero-order chi connectivity index (χ0) is 16.3. The number of nitrogens with two attached hydrogens (primary N) is 1. The number of imide groups is 1. The number of nitrogens with one attached hydrogen (secondary N) is 1. The van der Waals surface area contributed by atoms with Gasteiger partial charge in [0.25, 0.3) is 5.91 Å². The number of carbonyl (C=O) groups is 3. The smallest absolute Gasteiger partial charge is 0.339 e. The van der Waals surface area contributed by atoms with Gasteiger partial charge in [0.1, 0.15) is 0 Å². The summed E-state index contributed by atoms with van der Waals surface area (Å²) in [6, 6.07) is 3.54. The molecule has 0 spiro atoms. The molecule has 0 aromatic heterocycles. The first-order valence-corrected chi connectivity index (χ1v) is 6.59. The molecule has 0 aliphatic carbocycles. The van der Waals surface area contributed by atoms with E-state index in [4.69, 9.17) is 19.9 Å². The number of esters is 1. The number of rotatable bonds is 4. The number of hydrogen-bond acceptors (Lipinski definition) is 6. The van der Waals surface area contributed by atoms with Gasteiger partial charge in [-0.15, -0.1) is 0 Å². The number of fused-ring (bicyclic) bond motifs is 1. The van der Waals surface area contributed by atoms with Crippen LogP contribution in [0.3, 0.4) is 0 Å². The van der Waals surface area contributed by atoms with Gasteiger partial charge >= 0.3 is 12.0 Å². The van der Waals surface area contributed by atoms with Crippen molar-refractivity contribution in [2.75, 3.05) is 6.79 Å².